The summed E-state index contributed by atoms with van der Waals surface area (Å²) in [7, 11) is 0. The first kappa shape index (κ1) is 10.7. The number of rotatable bonds is 2. The van der Waals surface area contributed by atoms with Gasteiger partial charge in [-0.15, -0.1) is 23.7 Å². The molecule has 0 atom stereocenters. The fraction of sp³-hybridized carbons (Fsp3) is 0. The summed E-state index contributed by atoms with van der Waals surface area (Å²) in [6.07, 6.45) is 3.35. The van der Waals surface area contributed by atoms with Gasteiger partial charge in [-0.25, -0.2) is 4.98 Å². The van der Waals surface area contributed by atoms with Crippen LogP contribution in [0.2, 0.25) is 0 Å². The minimum absolute atomic E-state index is 0. The topological polar surface area (TPSA) is 84.7 Å². The van der Waals surface area contributed by atoms with E-state index in [2.05, 4.69) is 15.2 Å². The van der Waals surface area contributed by atoms with Crippen molar-refractivity contribution in [2.75, 3.05) is 0 Å². The number of aromatic nitrogens is 3. The van der Waals surface area contributed by atoms with Crippen molar-refractivity contribution in [2.24, 2.45) is 5.73 Å². The van der Waals surface area contributed by atoms with E-state index in [0.29, 0.717) is 5.69 Å². The maximum atomic E-state index is 10.7. The van der Waals surface area contributed by atoms with Gasteiger partial charge in [0, 0.05) is 17.1 Å². The summed E-state index contributed by atoms with van der Waals surface area (Å²) >= 11 is 1.36. The zero-order valence-electron chi connectivity index (χ0n) is 6.93. The molecule has 14 heavy (non-hydrogen) atoms. The highest BCUT2D eigenvalue weighted by molar-refractivity contribution is 7.13. The van der Waals surface area contributed by atoms with Crippen LogP contribution >= 0.6 is 23.7 Å². The van der Waals surface area contributed by atoms with Crippen LogP contribution in [-0.4, -0.2) is 21.1 Å². The molecule has 0 aliphatic rings. The normalized spacial score (nSPS) is 9.43. The molecule has 0 fully saturated rings. The molecule has 2 aromatic heterocycles. The second-order valence-electron chi connectivity index (χ2n) is 2.39. The average molecular weight is 231 g/mol. The van der Waals surface area contributed by atoms with E-state index in [1.165, 1.54) is 11.3 Å². The van der Waals surface area contributed by atoms with E-state index in [1.54, 1.807) is 17.8 Å². The molecule has 0 unspecified atom stereocenters. The highest BCUT2D eigenvalue weighted by Crippen LogP contribution is 2.21. The Bertz CT molecular complexity index is 425. The van der Waals surface area contributed by atoms with Crippen molar-refractivity contribution in [1.82, 2.24) is 15.2 Å². The SMILES string of the molecule is Cl.NC(=O)c1csc(-c2cn[nH]c2)n1. The zero-order valence-corrected chi connectivity index (χ0v) is 8.56. The van der Waals surface area contributed by atoms with Gasteiger partial charge in [0.05, 0.1) is 6.20 Å². The monoisotopic (exact) mass is 230 g/mol. The Balaban J connectivity index is 0.000000980. The minimum Gasteiger partial charge on any atom is -0.364 e. The van der Waals surface area contributed by atoms with Gasteiger partial charge in [-0.1, -0.05) is 0 Å². The van der Waals surface area contributed by atoms with Gasteiger partial charge < -0.3 is 5.73 Å². The van der Waals surface area contributed by atoms with Crippen LogP contribution in [0.4, 0.5) is 0 Å². The summed E-state index contributed by atoms with van der Waals surface area (Å²) in [5.74, 6) is -0.508. The molecule has 2 heterocycles. The smallest absolute Gasteiger partial charge is 0.268 e. The van der Waals surface area contributed by atoms with E-state index in [-0.39, 0.29) is 12.4 Å². The second-order valence-corrected chi connectivity index (χ2v) is 3.25. The summed E-state index contributed by atoms with van der Waals surface area (Å²) in [5, 5.41) is 8.81. The highest BCUT2D eigenvalue weighted by atomic mass is 35.5. The minimum atomic E-state index is -0.508. The van der Waals surface area contributed by atoms with E-state index in [1.807, 2.05) is 0 Å². The maximum Gasteiger partial charge on any atom is 0.268 e. The molecular weight excluding hydrogens is 224 g/mol. The van der Waals surface area contributed by atoms with E-state index in [9.17, 15) is 4.79 Å². The number of nitrogens with two attached hydrogens (primary N) is 1. The van der Waals surface area contributed by atoms with Crippen molar-refractivity contribution in [3.8, 4) is 10.6 Å². The van der Waals surface area contributed by atoms with Crippen molar-refractivity contribution in [1.29, 1.82) is 0 Å². The zero-order chi connectivity index (χ0) is 9.26. The molecule has 0 radical (unpaired) electrons. The number of aromatic amines is 1. The van der Waals surface area contributed by atoms with Gasteiger partial charge in [0.15, 0.2) is 0 Å². The third-order valence-electron chi connectivity index (χ3n) is 1.50. The predicted molar refractivity (Wildman–Crippen MR) is 55.5 cm³/mol. The van der Waals surface area contributed by atoms with Crippen molar-refractivity contribution < 1.29 is 4.79 Å². The largest absolute Gasteiger partial charge is 0.364 e. The van der Waals surface area contributed by atoms with Crippen molar-refractivity contribution in [2.45, 2.75) is 0 Å². The van der Waals surface area contributed by atoms with Crippen LogP contribution in [0.1, 0.15) is 10.5 Å². The van der Waals surface area contributed by atoms with Crippen LogP contribution in [0.3, 0.4) is 0 Å². The van der Waals surface area contributed by atoms with Gasteiger partial charge in [-0.2, -0.15) is 5.10 Å². The van der Waals surface area contributed by atoms with Gasteiger partial charge in [0.25, 0.3) is 5.91 Å². The van der Waals surface area contributed by atoms with E-state index in [4.69, 9.17) is 5.73 Å². The average Bonchev–Trinajstić information content (AvgIpc) is 2.75. The standard InChI is InChI=1S/C7H6N4OS.ClH/c8-6(12)5-3-13-7(11-5)4-1-9-10-2-4;/h1-3H,(H2,8,12)(H,9,10);1H. The Morgan fingerprint density at radius 1 is 1.57 bits per heavy atom. The van der Waals surface area contributed by atoms with Crippen molar-refractivity contribution in [3.05, 3.63) is 23.5 Å². The number of halogens is 1. The lowest BCUT2D eigenvalue weighted by Gasteiger charge is -1.85. The summed E-state index contributed by atoms with van der Waals surface area (Å²) in [6, 6.07) is 0. The summed E-state index contributed by atoms with van der Waals surface area (Å²) in [4.78, 5) is 14.8. The molecule has 0 aromatic carbocycles. The number of nitrogens with one attached hydrogen (secondary N) is 1. The number of carbonyl (C=O) groups is 1. The number of primary amides is 1. The Labute approximate surface area is 89.8 Å². The van der Waals surface area contributed by atoms with Gasteiger partial charge in [-0.05, 0) is 0 Å². The molecule has 2 aromatic rings. The first-order chi connectivity index (χ1) is 6.27. The number of H-pyrrole nitrogens is 1. The molecule has 0 saturated carbocycles. The fourth-order valence-electron chi connectivity index (χ4n) is 0.887. The number of carbonyl (C=O) groups excluding carboxylic acids is 1. The Morgan fingerprint density at radius 2 is 2.36 bits per heavy atom. The molecule has 74 valence electrons. The molecule has 2 rings (SSSR count). The Hall–Kier alpha value is -1.40. The van der Waals surface area contributed by atoms with Crippen LogP contribution in [0.25, 0.3) is 10.6 Å². The number of amides is 1. The Morgan fingerprint density at radius 3 is 2.86 bits per heavy atom. The Kier molecular flexibility index (Phi) is 3.21. The lowest BCUT2D eigenvalue weighted by atomic mass is 10.4. The molecule has 0 aliphatic carbocycles. The van der Waals surface area contributed by atoms with Gasteiger partial charge in [0.1, 0.15) is 10.7 Å². The highest BCUT2D eigenvalue weighted by Gasteiger charge is 2.08. The predicted octanol–water partition coefficient (Wildman–Crippen LogP) is 1.05. The van der Waals surface area contributed by atoms with Gasteiger partial charge in [-0.3, -0.25) is 9.89 Å². The number of hydrogen-bond donors (Lipinski definition) is 2. The summed E-state index contributed by atoms with van der Waals surface area (Å²) in [6.45, 7) is 0. The van der Waals surface area contributed by atoms with Crippen molar-refractivity contribution in [3.63, 3.8) is 0 Å². The molecule has 0 saturated heterocycles. The van der Waals surface area contributed by atoms with Gasteiger partial charge in [0.2, 0.25) is 0 Å². The number of hydrogen-bond acceptors (Lipinski definition) is 4. The third-order valence-corrected chi connectivity index (χ3v) is 2.39. The summed E-state index contributed by atoms with van der Waals surface area (Å²) < 4.78 is 0. The van der Waals surface area contributed by atoms with Crippen LogP contribution in [0.5, 0.6) is 0 Å². The molecule has 3 N–H and O–H groups in total. The van der Waals surface area contributed by atoms with Gasteiger partial charge >= 0.3 is 0 Å². The molecule has 0 spiro atoms. The molecule has 7 heteroatoms. The molecule has 0 aliphatic heterocycles. The van der Waals surface area contributed by atoms with E-state index < -0.39 is 5.91 Å². The van der Waals surface area contributed by atoms with Crippen LogP contribution in [0, 0.1) is 0 Å². The lowest BCUT2D eigenvalue weighted by molar-refractivity contribution is 0.0996. The van der Waals surface area contributed by atoms with Crippen molar-refractivity contribution >= 4 is 29.7 Å². The fourth-order valence-corrected chi connectivity index (χ4v) is 1.68. The van der Waals surface area contributed by atoms with E-state index in [0.717, 1.165) is 10.6 Å². The van der Waals surface area contributed by atoms with Crippen LogP contribution < -0.4 is 5.73 Å². The lowest BCUT2D eigenvalue weighted by Crippen LogP contribution is -2.10. The number of nitrogens with zero attached hydrogens (tertiary/aromatic N) is 2. The maximum absolute atomic E-state index is 10.7. The van der Waals surface area contributed by atoms with E-state index >= 15 is 0 Å². The molecule has 1 amide bonds. The molecular formula is C7H7ClN4OS. The van der Waals surface area contributed by atoms with Crippen LogP contribution in [0.15, 0.2) is 17.8 Å². The molecule has 5 nitrogen and oxygen atoms in total. The first-order valence-electron chi connectivity index (χ1n) is 3.52. The molecule has 0 bridgehead atoms. The third kappa shape index (κ3) is 1.91. The quantitative estimate of drug-likeness (QED) is 0.809. The first-order valence-corrected chi connectivity index (χ1v) is 4.40. The van der Waals surface area contributed by atoms with Crippen LogP contribution in [-0.2, 0) is 0 Å². The number of thiazole rings is 1. The summed E-state index contributed by atoms with van der Waals surface area (Å²) in [5.41, 5.74) is 6.21. The second kappa shape index (κ2) is 4.21.